The topological polar surface area (TPSA) is 345 Å². The number of fused-ring (bicyclic) bond motifs is 5. The summed E-state index contributed by atoms with van der Waals surface area (Å²) in [7, 11) is 3.66. The Bertz CT molecular complexity index is 3200. The van der Waals surface area contributed by atoms with Gasteiger partial charge >= 0.3 is 30.0 Å². The summed E-state index contributed by atoms with van der Waals surface area (Å²) in [6, 6.07) is 10.6. The van der Waals surface area contributed by atoms with Crippen LogP contribution in [0.3, 0.4) is 0 Å². The minimum atomic E-state index is -2.10. The highest BCUT2D eigenvalue weighted by Gasteiger charge is 2.56. The predicted octanol–water partition coefficient (Wildman–Crippen LogP) is 3.63. The molecule has 4 aliphatic rings. The zero-order valence-corrected chi connectivity index (χ0v) is 45.4. The third-order valence-electron chi connectivity index (χ3n) is 14.3. The number of ether oxygens (including phenoxy) is 10. The van der Waals surface area contributed by atoms with Crippen molar-refractivity contribution in [1.82, 2.24) is 10.2 Å². The SMILES string of the molecule is COC(=O)[C@@H](C)NC(=O)c1c(C)cc2c(c1O)-c1c(cc3c(c1O)C(=O)c1cc(OC)cc(O)c1C3=O)[C@H](O)[C@H]2O[C@@H]1O[C@H](C)[C@H](N(C)C(=O)OCc2ccccc2)[C@H](O[C@@H]2O[C@H](C)[C@H](OC(C)=O)[C@H](OC(C)=O)[C@H]2OC(C)=O)[C@H]1O. The van der Waals surface area contributed by atoms with Crippen LogP contribution in [0, 0.1) is 6.92 Å². The van der Waals surface area contributed by atoms with Crippen LogP contribution in [0.4, 0.5) is 4.79 Å². The number of aromatic hydroxyl groups is 3. The van der Waals surface area contributed by atoms with Crippen LogP contribution in [-0.2, 0) is 68.4 Å². The molecule has 0 radical (unpaired) electrons. The third-order valence-corrected chi connectivity index (χ3v) is 14.3. The highest BCUT2D eigenvalue weighted by Crippen LogP contribution is 2.57. The lowest BCUT2D eigenvalue weighted by Gasteiger charge is -2.50. The molecule has 2 aliphatic carbocycles. The summed E-state index contributed by atoms with van der Waals surface area (Å²) < 4.78 is 58.0. The second kappa shape index (κ2) is 23.5. The van der Waals surface area contributed by atoms with Crippen LogP contribution < -0.4 is 10.1 Å². The van der Waals surface area contributed by atoms with E-state index in [9.17, 15) is 63.9 Å². The lowest BCUT2D eigenvalue weighted by molar-refractivity contribution is -0.354. The van der Waals surface area contributed by atoms with Gasteiger partial charge in [-0.1, -0.05) is 36.4 Å². The Hall–Kier alpha value is -8.20. The maximum atomic E-state index is 14.4. The van der Waals surface area contributed by atoms with Gasteiger partial charge in [0.25, 0.3) is 5.91 Å². The van der Waals surface area contributed by atoms with E-state index in [1.54, 1.807) is 30.3 Å². The van der Waals surface area contributed by atoms with Crippen molar-refractivity contribution in [3.63, 3.8) is 0 Å². The van der Waals surface area contributed by atoms with Crippen molar-refractivity contribution < 1.29 is 111 Å². The number of hydrogen-bond donors (Lipinski definition) is 6. The molecule has 4 aromatic rings. The van der Waals surface area contributed by atoms with Crippen molar-refractivity contribution in [3.8, 4) is 34.1 Å². The van der Waals surface area contributed by atoms with Gasteiger partial charge in [0.15, 0.2) is 42.5 Å². The van der Waals surface area contributed by atoms with E-state index in [0.29, 0.717) is 5.56 Å². The number of carbonyl (C=O) groups excluding carboxylic acids is 8. The van der Waals surface area contributed by atoms with E-state index >= 15 is 0 Å². The minimum Gasteiger partial charge on any atom is -0.507 e. The summed E-state index contributed by atoms with van der Waals surface area (Å²) in [5.41, 5.74) is -3.24. The van der Waals surface area contributed by atoms with Crippen LogP contribution in [0.5, 0.6) is 23.0 Å². The molecule has 4 aromatic carbocycles. The number of aliphatic hydroxyl groups is 2. The first-order chi connectivity index (χ1) is 38.3. The number of esters is 4. The first-order valence-corrected chi connectivity index (χ1v) is 25.4. The summed E-state index contributed by atoms with van der Waals surface area (Å²) >= 11 is 0. The molecule has 8 rings (SSSR count). The number of nitrogens with one attached hydrogen (secondary N) is 1. The molecule has 6 N–H and O–H groups in total. The van der Waals surface area contributed by atoms with Gasteiger partial charge in [-0.15, -0.1) is 0 Å². The number of likely N-dealkylation sites (N-methyl/N-ethyl adjacent to an activating group) is 1. The maximum absolute atomic E-state index is 14.4. The smallest absolute Gasteiger partial charge is 0.410 e. The van der Waals surface area contributed by atoms with Crippen molar-refractivity contribution in [2.75, 3.05) is 21.3 Å². The Morgan fingerprint density at radius 3 is 1.93 bits per heavy atom. The number of rotatable bonds is 14. The summed E-state index contributed by atoms with van der Waals surface area (Å²) in [4.78, 5) is 108. The van der Waals surface area contributed by atoms with Crippen LogP contribution in [0.2, 0.25) is 0 Å². The molecule has 0 aromatic heterocycles. The molecule has 0 bridgehead atoms. The van der Waals surface area contributed by atoms with Gasteiger partial charge in [0.2, 0.25) is 0 Å². The largest absolute Gasteiger partial charge is 0.507 e. The number of methoxy groups -OCH3 is 2. The van der Waals surface area contributed by atoms with E-state index in [2.05, 4.69) is 5.32 Å². The zero-order chi connectivity index (χ0) is 59.2. The molecule has 0 spiro atoms. The average Bonchev–Trinajstić information content (AvgIpc) is 3.45. The Morgan fingerprint density at radius 2 is 1.30 bits per heavy atom. The van der Waals surface area contributed by atoms with Gasteiger partial charge in [-0.3, -0.25) is 28.8 Å². The van der Waals surface area contributed by atoms with Crippen LogP contribution >= 0.6 is 0 Å². The summed E-state index contributed by atoms with van der Waals surface area (Å²) in [5, 5.41) is 63.6. The highest BCUT2D eigenvalue weighted by atomic mass is 16.7. The third kappa shape index (κ3) is 11.2. The molecule has 432 valence electrons. The minimum absolute atomic E-state index is 0.00451. The molecule has 0 unspecified atom stereocenters. The lowest BCUT2D eigenvalue weighted by Crippen LogP contribution is -2.67. The van der Waals surface area contributed by atoms with Crippen molar-refractivity contribution in [1.29, 1.82) is 0 Å². The fourth-order valence-corrected chi connectivity index (χ4v) is 10.7. The first-order valence-electron chi connectivity index (χ1n) is 25.4. The second-order valence-electron chi connectivity index (χ2n) is 19.8. The molecule has 25 heteroatoms. The number of phenols is 3. The Labute approximate surface area is 462 Å². The van der Waals surface area contributed by atoms with Crippen molar-refractivity contribution in [2.45, 2.75) is 135 Å². The lowest BCUT2D eigenvalue weighted by atomic mass is 9.74. The van der Waals surface area contributed by atoms with E-state index in [-0.39, 0.29) is 34.6 Å². The number of carbonyl (C=O) groups is 8. The van der Waals surface area contributed by atoms with Crippen LogP contribution in [0.1, 0.15) is 118 Å². The quantitative estimate of drug-likeness (QED) is 0.0683. The molecule has 2 heterocycles. The fraction of sp³-hybridized carbons (Fsp3) is 0.429. The fourth-order valence-electron chi connectivity index (χ4n) is 10.7. The van der Waals surface area contributed by atoms with Gasteiger partial charge in [-0.05, 0) is 62.1 Å². The number of aryl methyl sites for hydroxylation is 1. The molecule has 25 nitrogen and oxygen atoms in total. The summed E-state index contributed by atoms with van der Waals surface area (Å²) in [6.07, 6.45) is -19.6. The average molecular weight is 1130 g/mol. The van der Waals surface area contributed by atoms with E-state index in [0.717, 1.165) is 44.9 Å². The molecule has 2 amide bonds. The molecular weight excluding hydrogens is 1070 g/mol. The van der Waals surface area contributed by atoms with Gasteiger partial charge in [0.1, 0.15) is 60.1 Å². The molecule has 2 fully saturated rings. The molecule has 2 aliphatic heterocycles. The van der Waals surface area contributed by atoms with Gasteiger partial charge < -0.3 is 83.1 Å². The zero-order valence-electron chi connectivity index (χ0n) is 45.4. The van der Waals surface area contributed by atoms with Gasteiger partial charge in [-0.25, -0.2) is 9.59 Å². The highest BCUT2D eigenvalue weighted by molar-refractivity contribution is 6.31. The number of nitrogens with zero attached hydrogens (tertiary/aromatic N) is 1. The maximum Gasteiger partial charge on any atom is 0.410 e. The van der Waals surface area contributed by atoms with E-state index in [1.165, 1.54) is 54.0 Å². The monoisotopic (exact) mass is 1130 g/mol. The number of hydrogen-bond acceptors (Lipinski definition) is 23. The molecule has 81 heavy (non-hydrogen) atoms. The van der Waals surface area contributed by atoms with Crippen molar-refractivity contribution in [2.24, 2.45) is 0 Å². The number of amides is 2. The number of benzene rings is 4. The Morgan fingerprint density at radius 1 is 0.704 bits per heavy atom. The van der Waals surface area contributed by atoms with Gasteiger partial charge in [0.05, 0.1) is 49.2 Å². The van der Waals surface area contributed by atoms with Crippen LogP contribution in [0.25, 0.3) is 11.1 Å². The van der Waals surface area contributed by atoms with E-state index in [4.69, 9.17) is 47.4 Å². The Kier molecular flexibility index (Phi) is 17.1. The molecule has 13 atom stereocenters. The van der Waals surface area contributed by atoms with Crippen molar-refractivity contribution in [3.05, 3.63) is 105 Å². The number of phenolic OH excluding ortho intramolecular Hbond substituents is 3. The molecule has 2 saturated heterocycles. The van der Waals surface area contributed by atoms with Gasteiger partial charge in [0, 0.05) is 56.1 Å². The first kappa shape index (κ1) is 58.9. The van der Waals surface area contributed by atoms with E-state index < -0.39 is 178 Å². The summed E-state index contributed by atoms with van der Waals surface area (Å²) in [5.74, 6) is -8.95. The normalized spacial score (nSPS) is 25.8. The van der Waals surface area contributed by atoms with Crippen molar-refractivity contribution >= 4 is 47.4 Å². The Balaban J connectivity index is 1.25. The number of ketones is 2. The molecular formula is C56H60N2O23. The summed E-state index contributed by atoms with van der Waals surface area (Å²) in [6.45, 7) is 8.57. The van der Waals surface area contributed by atoms with Gasteiger partial charge in [-0.2, -0.15) is 0 Å². The van der Waals surface area contributed by atoms with E-state index in [1.807, 2.05) is 0 Å². The molecule has 0 saturated carbocycles. The number of aliphatic hydroxyl groups excluding tert-OH is 2. The second-order valence-corrected chi connectivity index (χ2v) is 19.8. The predicted molar refractivity (Wildman–Crippen MR) is 274 cm³/mol. The van der Waals surface area contributed by atoms with Crippen LogP contribution in [0.15, 0.2) is 54.6 Å². The standard InChI is InChI=1S/C56H60N2O23/c1-21-16-33-38(44(66)35(21)52(69)57-22(2)53(70)73-10)37-31(19-32-39(45(37)67)42(64)30-17-29(72-9)18-34(62)36(30)41(32)63)43(65)48(33)80-54-46(68)49(40(23(3)75-54)58(8)56(71)74-20-28-14-12-11-13-15-28)81-55-51(79-27(7)61)50(78-26(6)60)47(24(4)76-55)77-25(5)59/h11-19,22-24,40,43,46-51,54-55,62,65-68H,20H2,1-10H3,(H,57,69)/t22-,23-,24-,40+,43+,46-,47+,48+,49+,50+,51-,54+,55+/m1/s1. The van der Waals surface area contributed by atoms with Crippen LogP contribution in [-0.4, -0.2) is 167 Å².